The van der Waals surface area contributed by atoms with Gasteiger partial charge in [-0.2, -0.15) is 5.26 Å². The number of halogens is 1. The van der Waals surface area contributed by atoms with Gasteiger partial charge in [0.2, 0.25) is 0 Å². The van der Waals surface area contributed by atoms with E-state index >= 15 is 0 Å². The topological polar surface area (TPSA) is 83.2 Å². The van der Waals surface area contributed by atoms with E-state index in [-0.39, 0.29) is 18.6 Å². The number of nitriles is 1. The first-order valence-electron chi connectivity index (χ1n) is 6.06. The summed E-state index contributed by atoms with van der Waals surface area (Å²) in [5, 5.41) is 17.4. The lowest BCUT2D eigenvalue weighted by atomic mass is 10.1. The Morgan fingerprint density at radius 2 is 2.19 bits per heavy atom. The van der Waals surface area contributed by atoms with E-state index in [0.29, 0.717) is 17.0 Å². The molecular weight excluding hydrogens is 275 g/mol. The molecule has 1 aromatic heterocycles. The Hall–Kier alpha value is -2.94. The van der Waals surface area contributed by atoms with Gasteiger partial charge in [-0.15, -0.1) is 0 Å². The average molecular weight is 286 g/mol. The molecule has 1 N–H and O–H groups in total. The summed E-state index contributed by atoms with van der Waals surface area (Å²) in [6, 6.07) is 9.03. The van der Waals surface area contributed by atoms with E-state index in [2.05, 4.69) is 4.98 Å². The Labute approximate surface area is 120 Å². The number of aliphatic carboxylic acids is 1. The lowest BCUT2D eigenvalue weighted by Crippen LogP contribution is -2.03. The summed E-state index contributed by atoms with van der Waals surface area (Å²) in [5.41, 5.74) is 0.912. The molecule has 2 aromatic rings. The zero-order valence-electron chi connectivity index (χ0n) is 10.9. The first-order chi connectivity index (χ1) is 10.1. The molecule has 0 aliphatic carbocycles. The summed E-state index contributed by atoms with van der Waals surface area (Å²) >= 11 is 0. The third kappa shape index (κ3) is 4.01. The van der Waals surface area contributed by atoms with Crippen molar-refractivity contribution in [1.29, 1.82) is 5.26 Å². The second kappa shape index (κ2) is 6.48. The van der Waals surface area contributed by atoms with Crippen molar-refractivity contribution in [1.82, 2.24) is 4.98 Å². The lowest BCUT2D eigenvalue weighted by Gasteiger charge is -2.08. The molecule has 1 heterocycles. The largest absolute Gasteiger partial charge is 0.489 e. The minimum Gasteiger partial charge on any atom is -0.489 e. The molecule has 0 saturated heterocycles. The maximum Gasteiger partial charge on any atom is 0.309 e. The van der Waals surface area contributed by atoms with Crippen LogP contribution in [0.1, 0.15) is 16.8 Å². The number of nitrogens with zero attached hydrogens (tertiary/aromatic N) is 2. The van der Waals surface area contributed by atoms with E-state index in [1.807, 2.05) is 6.07 Å². The monoisotopic (exact) mass is 286 g/mol. The maximum atomic E-state index is 13.7. The standard InChI is InChI=1S/C15H11FN2O3/c16-14-5-10(8-17)1-2-11(14)9-21-13-3-4-18-12(6-13)7-15(19)20/h1-6H,7,9H2,(H,19,20). The Balaban J connectivity index is 2.06. The van der Waals surface area contributed by atoms with Crippen LogP contribution in [0.4, 0.5) is 4.39 Å². The van der Waals surface area contributed by atoms with Crippen molar-refractivity contribution in [3.05, 3.63) is 59.2 Å². The quantitative estimate of drug-likeness (QED) is 0.911. The van der Waals surface area contributed by atoms with Crippen molar-refractivity contribution >= 4 is 5.97 Å². The maximum absolute atomic E-state index is 13.7. The Morgan fingerprint density at radius 1 is 1.38 bits per heavy atom. The number of carboxylic acids is 1. The van der Waals surface area contributed by atoms with Crippen LogP contribution in [0.25, 0.3) is 0 Å². The van der Waals surface area contributed by atoms with Gasteiger partial charge < -0.3 is 9.84 Å². The van der Waals surface area contributed by atoms with Gasteiger partial charge in [0, 0.05) is 17.8 Å². The van der Waals surface area contributed by atoms with Crippen LogP contribution in [-0.4, -0.2) is 16.1 Å². The van der Waals surface area contributed by atoms with Gasteiger partial charge in [-0.3, -0.25) is 9.78 Å². The molecule has 106 valence electrons. The van der Waals surface area contributed by atoms with Gasteiger partial charge in [-0.05, 0) is 18.2 Å². The van der Waals surface area contributed by atoms with Crippen LogP contribution < -0.4 is 4.74 Å². The van der Waals surface area contributed by atoms with Crippen molar-refractivity contribution < 1.29 is 19.0 Å². The highest BCUT2D eigenvalue weighted by Gasteiger charge is 2.06. The molecule has 0 unspecified atom stereocenters. The van der Waals surface area contributed by atoms with Crippen LogP contribution in [0.2, 0.25) is 0 Å². The third-order valence-corrected chi connectivity index (χ3v) is 2.70. The number of aromatic nitrogens is 1. The molecule has 0 aliphatic rings. The van der Waals surface area contributed by atoms with Crippen molar-refractivity contribution in [2.45, 2.75) is 13.0 Å². The summed E-state index contributed by atoms with van der Waals surface area (Å²) in [6.07, 6.45) is 1.23. The molecule has 0 amide bonds. The second-order valence-electron chi connectivity index (χ2n) is 4.26. The minimum atomic E-state index is -0.988. The number of benzene rings is 1. The van der Waals surface area contributed by atoms with Crippen molar-refractivity contribution in [2.75, 3.05) is 0 Å². The van der Waals surface area contributed by atoms with Crippen molar-refractivity contribution in [2.24, 2.45) is 0 Å². The minimum absolute atomic E-state index is 0.0198. The molecule has 2 rings (SSSR count). The van der Waals surface area contributed by atoms with E-state index < -0.39 is 11.8 Å². The van der Waals surface area contributed by atoms with Crippen LogP contribution in [0.5, 0.6) is 5.75 Å². The number of carboxylic acid groups (broad SMARTS) is 1. The molecule has 0 aliphatic heterocycles. The number of pyridine rings is 1. The molecule has 0 radical (unpaired) electrons. The van der Waals surface area contributed by atoms with Gasteiger partial charge in [-0.1, -0.05) is 6.07 Å². The van der Waals surface area contributed by atoms with Gasteiger partial charge in [0.05, 0.1) is 23.7 Å². The zero-order valence-corrected chi connectivity index (χ0v) is 10.9. The molecule has 5 nitrogen and oxygen atoms in total. The van der Waals surface area contributed by atoms with E-state index in [4.69, 9.17) is 15.1 Å². The predicted octanol–water partition coefficient (Wildman–Crippen LogP) is 2.30. The van der Waals surface area contributed by atoms with Crippen LogP contribution in [0.3, 0.4) is 0 Å². The molecule has 6 heteroatoms. The summed E-state index contributed by atoms with van der Waals surface area (Å²) in [7, 11) is 0. The highest BCUT2D eigenvalue weighted by Crippen LogP contribution is 2.16. The highest BCUT2D eigenvalue weighted by atomic mass is 19.1. The Morgan fingerprint density at radius 3 is 2.86 bits per heavy atom. The molecule has 0 spiro atoms. The molecule has 0 fully saturated rings. The summed E-state index contributed by atoms with van der Waals surface area (Å²) < 4.78 is 19.1. The molecular formula is C15H11FN2O3. The first kappa shape index (κ1) is 14.5. The fourth-order valence-corrected chi connectivity index (χ4v) is 1.69. The van der Waals surface area contributed by atoms with Gasteiger partial charge >= 0.3 is 5.97 Å². The molecule has 0 bridgehead atoms. The van der Waals surface area contributed by atoms with Gasteiger partial charge in [0.1, 0.15) is 18.2 Å². The number of carbonyl (C=O) groups is 1. The fraction of sp³-hybridized carbons (Fsp3) is 0.133. The van der Waals surface area contributed by atoms with Crippen molar-refractivity contribution in [3.8, 4) is 11.8 Å². The van der Waals surface area contributed by atoms with Crippen LogP contribution in [0.15, 0.2) is 36.5 Å². The number of rotatable bonds is 5. The molecule has 1 aromatic carbocycles. The average Bonchev–Trinajstić information content (AvgIpc) is 2.45. The summed E-state index contributed by atoms with van der Waals surface area (Å²) in [5.74, 6) is -1.10. The molecule has 0 atom stereocenters. The molecule has 0 saturated carbocycles. The Kier molecular flexibility index (Phi) is 4.46. The smallest absolute Gasteiger partial charge is 0.309 e. The highest BCUT2D eigenvalue weighted by molar-refractivity contribution is 5.69. The number of hydrogen-bond donors (Lipinski definition) is 1. The lowest BCUT2D eigenvalue weighted by molar-refractivity contribution is -0.136. The summed E-state index contributed by atoms with van der Waals surface area (Å²) in [6.45, 7) is -0.0198. The van der Waals surface area contributed by atoms with Crippen molar-refractivity contribution in [3.63, 3.8) is 0 Å². The van der Waals surface area contributed by atoms with E-state index in [9.17, 15) is 9.18 Å². The number of hydrogen-bond acceptors (Lipinski definition) is 4. The van der Waals surface area contributed by atoms with E-state index in [1.165, 1.54) is 24.4 Å². The fourth-order valence-electron chi connectivity index (χ4n) is 1.69. The SMILES string of the molecule is N#Cc1ccc(COc2ccnc(CC(=O)O)c2)c(F)c1. The Bertz CT molecular complexity index is 710. The zero-order chi connectivity index (χ0) is 15.2. The normalized spacial score (nSPS) is 9.90. The van der Waals surface area contributed by atoms with E-state index in [0.717, 1.165) is 6.07 Å². The molecule has 21 heavy (non-hydrogen) atoms. The summed E-state index contributed by atoms with van der Waals surface area (Å²) in [4.78, 5) is 14.5. The first-order valence-corrected chi connectivity index (χ1v) is 6.06. The van der Waals surface area contributed by atoms with Crippen LogP contribution >= 0.6 is 0 Å². The third-order valence-electron chi connectivity index (χ3n) is 2.70. The van der Waals surface area contributed by atoms with Crippen LogP contribution in [0, 0.1) is 17.1 Å². The second-order valence-corrected chi connectivity index (χ2v) is 4.26. The number of ether oxygens (including phenoxy) is 1. The van der Waals surface area contributed by atoms with Crippen LogP contribution in [-0.2, 0) is 17.8 Å². The van der Waals surface area contributed by atoms with Gasteiger partial charge in [-0.25, -0.2) is 4.39 Å². The van der Waals surface area contributed by atoms with E-state index in [1.54, 1.807) is 6.07 Å². The van der Waals surface area contributed by atoms with Gasteiger partial charge in [0.15, 0.2) is 0 Å². The predicted molar refractivity (Wildman–Crippen MR) is 71.0 cm³/mol. The van der Waals surface area contributed by atoms with Gasteiger partial charge in [0.25, 0.3) is 0 Å².